The summed E-state index contributed by atoms with van der Waals surface area (Å²) in [5, 5.41) is 6.48. The van der Waals surface area contributed by atoms with Crippen LogP contribution in [0.15, 0.2) is 24.3 Å². The number of urea groups is 1. The number of piperidine rings is 1. The monoisotopic (exact) mass is 386 g/mol. The molecular weight excluding hydrogens is 360 g/mol. The molecule has 1 atom stereocenters. The van der Waals surface area contributed by atoms with Crippen molar-refractivity contribution in [1.29, 1.82) is 0 Å². The van der Waals surface area contributed by atoms with Crippen molar-refractivity contribution >= 4 is 33.5 Å². The molecule has 2 heterocycles. The summed E-state index contributed by atoms with van der Waals surface area (Å²) in [7, 11) is 0. The number of carbonyl (C=O) groups is 2. The largest absolute Gasteiger partial charge is 0.335 e. The SMILES string of the molecule is O=C(CN1CCCC[C@H]1c1nc2ccccc2s1)NC(=O)NC1CCCC1. The summed E-state index contributed by atoms with van der Waals surface area (Å²) in [5.41, 5.74) is 1.02. The predicted octanol–water partition coefficient (Wildman–Crippen LogP) is 3.59. The topological polar surface area (TPSA) is 74.3 Å². The summed E-state index contributed by atoms with van der Waals surface area (Å²) in [5.74, 6) is -0.237. The van der Waals surface area contributed by atoms with Gasteiger partial charge >= 0.3 is 6.03 Å². The number of hydrogen-bond acceptors (Lipinski definition) is 5. The second-order valence-corrected chi connectivity index (χ2v) is 8.57. The van der Waals surface area contributed by atoms with Crippen LogP contribution in [-0.2, 0) is 4.79 Å². The van der Waals surface area contributed by atoms with E-state index in [2.05, 4.69) is 21.6 Å². The van der Waals surface area contributed by atoms with E-state index in [1.165, 1.54) is 4.70 Å². The van der Waals surface area contributed by atoms with Crippen LogP contribution in [0.3, 0.4) is 0 Å². The van der Waals surface area contributed by atoms with Gasteiger partial charge in [0, 0.05) is 6.04 Å². The van der Waals surface area contributed by atoms with Gasteiger partial charge in [-0.25, -0.2) is 9.78 Å². The molecule has 2 fully saturated rings. The summed E-state index contributed by atoms with van der Waals surface area (Å²) >= 11 is 1.71. The zero-order valence-electron chi connectivity index (χ0n) is 15.4. The average molecular weight is 387 g/mol. The molecule has 0 bridgehead atoms. The minimum absolute atomic E-state index is 0.153. The number of fused-ring (bicyclic) bond motifs is 1. The van der Waals surface area contributed by atoms with Crippen LogP contribution >= 0.6 is 11.3 Å². The Labute approximate surface area is 163 Å². The number of aromatic nitrogens is 1. The van der Waals surface area contributed by atoms with Crippen molar-refractivity contribution in [1.82, 2.24) is 20.5 Å². The van der Waals surface area contributed by atoms with Gasteiger partial charge in [-0.3, -0.25) is 15.0 Å². The van der Waals surface area contributed by atoms with Crippen LogP contribution in [0.1, 0.15) is 56.0 Å². The Kier molecular flexibility index (Phi) is 5.69. The Balaban J connectivity index is 1.38. The minimum atomic E-state index is -0.361. The van der Waals surface area contributed by atoms with Crippen molar-refractivity contribution in [3.63, 3.8) is 0 Å². The van der Waals surface area contributed by atoms with Crippen LogP contribution in [0.25, 0.3) is 10.2 Å². The fourth-order valence-electron chi connectivity index (χ4n) is 4.13. The molecule has 1 aliphatic carbocycles. The predicted molar refractivity (Wildman–Crippen MR) is 107 cm³/mol. The molecule has 1 saturated carbocycles. The van der Waals surface area contributed by atoms with Crippen LogP contribution in [0.5, 0.6) is 0 Å². The Morgan fingerprint density at radius 1 is 1.11 bits per heavy atom. The molecule has 2 aromatic rings. The van der Waals surface area contributed by atoms with Gasteiger partial charge in [0.2, 0.25) is 5.91 Å². The molecule has 1 aromatic heterocycles. The van der Waals surface area contributed by atoms with Gasteiger partial charge in [-0.15, -0.1) is 11.3 Å². The molecule has 1 saturated heterocycles. The zero-order chi connectivity index (χ0) is 18.6. The third kappa shape index (κ3) is 4.47. The van der Waals surface area contributed by atoms with E-state index in [1.54, 1.807) is 11.3 Å². The van der Waals surface area contributed by atoms with Crippen LogP contribution in [-0.4, -0.2) is 41.0 Å². The molecule has 1 aromatic carbocycles. The number of carbonyl (C=O) groups excluding carboxylic acids is 2. The normalized spacial score (nSPS) is 21.4. The van der Waals surface area contributed by atoms with E-state index in [4.69, 9.17) is 4.98 Å². The molecule has 4 rings (SSSR count). The number of para-hydroxylation sites is 1. The Hall–Kier alpha value is -1.99. The van der Waals surface area contributed by atoms with Crippen LogP contribution in [0.2, 0.25) is 0 Å². The third-order valence-electron chi connectivity index (χ3n) is 5.50. The summed E-state index contributed by atoms with van der Waals surface area (Å²) in [6.45, 7) is 1.09. The molecule has 144 valence electrons. The van der Waals surface area contributed by atoms with Gasteiger partial charge < -0.3 is 5.32 Å². The van der Waals surface area contributed by atoms with Crippen LogP contribution in [0, 0.1) is 0 Å². The maximum absolute atomic E-state index is 12.4. The molecule has 3 amide bonds. The highest BCUT2D eigenvalue weighted by molar-refractivity contribution is 7.18. The van der Waals surface area contributed by atoms with Crippen LogP contribution < -0.4 is 10.6 Å². The van der Waals surface area contributed by atoms with E-state index in [0.717, 1.165) is 62.0 Å². The van der Waals surface area contributed by atoms with E-state index in [-0.39, 0.29) is 30.6 Å². The van der Waals surface area contributed by atoms with Crippen molar-refractivity contribution in [2.45, 2.75) is 57.0 Å². The van der Waals surface area contributed by atoms with E-state index in [9.17, 15) is 9.59 Å². The molecule has 2 N–H and O–H groups in total. The highest BCUT2D eigenvalue weighted by atomic mass is 32.1. The quantitative estimate of drug-likeness (QED) is 0.842. The first kappa shape index (κ1) is 18.4. The first-order valence-corrected chi connectivity index (χ1v) is 10.7. The molecule has 0 spiro atoms. The van der Waals surface area contributed by atoms with Crippen molar-refractivity contribution in [3.8, 4) is 0 Å². The summed E-state index contributed by atoms with van der Waals surface area (Å²) in [4.78, 5) is 31.4. The summed E-state index contributed by atoms with van der Waals surface area (Å²) in [6, 6.07) is 8.15. The van der Waals surface area contributed by atoms with Crippen molar-refractivity contribution in [3.05, 3.63) is 29.3 Å². The molecule has 0 unspecified atom stereocenters. The number of thiazole rings is 1. The van der Waals surface area contributed by atoms with E-state index < -0.39 is 0 Å². The van der Waals surface area contributed by atoms with Crippen molar-refractivity contribution in [2.24, 2.45) is 0 Å². The number of likely N-dealkylation sites (tertiary alicyclic amines) is 1. The standard InChI is InChI=1S/C20H26N4O2S/c25-18(23-20(26)21-14-7-1-2-8-14)13-24-12-6-5-10-16(24)19-22-15-9-3-4-11-17(15)27-19/h3-4,9,11,14,16H,1-2,5-8,10,12-13H2,(H2,21,23,25,26)/t16-/m0/s1. The highest BCUT2D eigenvalue weighted by Crippen LogP contribution is 2.35. The number of amides is 3. The third-order valence-corrected chi connectivity index (χ3v) is 6.64. The maximum atomic E-state index is 12.4. The molecule has 27 heavy (non-hydrogen) atoms. The summed E-state index contributed by atoms with van der Waals surface area (Å²) in [6.07, 6.45) is 7.53. The Morgan fingerprint density at radius 2 is 1.89 bits per heavy atom. The van der Waals surface area contributed by atoms with Gasteiger partial charge in [-0.1, -0.05) is 31.4 Å². The highest BCUT2D eigenvalue weighted by Gasteiger charge is 2.29. The smallest absolute Gasteiger partial charge is 0.321 e. The number of benzene rings is 1. The van der Waals surface area contributed by atoms with Gasteiger partial charge in [0.25, 0.3) is 0 Å². The van der Waals surface area contributed by atoms with Gasteiger partial charge in [0.1, 0.15) is 5.01 Å². The van der Waals surface area contributed by atoms with Crippen molar-refractivity contribution < 1.29 is 9.59 Å². The van der Waals surface area contributed by atoms with Gasteiger partial charge in [-0.2, -0.15) is 0 Å². The number of imide groups is 1. The fourth-order valence-corrected chi connectivity index (χ4v) is 5.27. The molecule has 1 aliphatic heterocycles. The lowest BCUT2D eigenvalue weighted by molar-refractivity contribution is -0.122. The lowest BCUT2D eigenvalue weighted by atomic mass is 10.0. The number of hydrogen-bond donors (Lipinski definition) is 2. The molecule has 2 aliphatic rings. The number of nitrogens with one attached hydrogen (secondary N) is 2. The van der Waals surface area contributed by atoms with E-state index >= 15 is 0 Å². The second kappa shape index (κ2) is 8.35. The molecule has 6 nitrogen and oxygen atoms in total. The molecule has 0 radical (unpaired) electrons. The maximum Gasteiger partial charge on any atom is 0.321 e. The minimum Gasteiger partial charge on any atom is -0.335 e. The zero-order valence-corrected chi connectivity index (χ0v) is 16.3. The lowest BCUT2D eigenvalue weighted by Gasteiger charge is -2.33. The first-order chi connectivity index (χ1) is 13.2. The first-order valence-electron chi connectivity index (χ1n) is 9.89. The summed E-state index contributed by atoms with van der Waals surface area (Å²) < 4.78 is 1.18. The van der Waals surface area contributed by atoms with Crippen molar-refractivity contribution in [2.75, 3.05) is 13.1 Å². The van der Waals surface area contributed by atoms with Gasteiger partial charge in [-0.05, 0) is 44.4 Å². The second-order valence-electron chi connectivity index (χ2n) is 7.50. The average Bonchev–Trinajstić information content (AvgIpc) is 3.31. The fraction of sp³-hybridized carbons (Fsp3) is 0.550. The van der Waals surface area contributed by atoms with Gasteiger partial charge in [0.05, 0.1) is 22.8 Å². The van der Waals surface area contributed by atoms with E-state index in [1.807, 2.05) is 18.2 Å². The number of nitrogens with zero attached hydrogens (tertiary/aromatic N) is 2. The lowest BCUT2D eigenvalue weighted by Crippen LogP contribution is -2.48. The number of rotatable bonds is 4. The van der Waals surface area contributed by atoms with Gasteiger partial charge in [0.15, 0.2) is 0 Å². The Morgan fingerprint density at radius 3 is 2.70 bits per heavy atom. The Bertz CT molecular complexity index is 782. The molecule has 7 heteroatoms. The molecular formula is C20H26N4O2S. The van der Waals surface area contributed by atoms with Crippen LogP contribution in [0.4, 0.5) is 4.79 Å². The van der Waals surface area contributed by atoms with E-state index in [0.29, 0.717) is 0 Å².